The molecule has 0 aliphatic carbocycles. The highest BCUT2D eigenvalue weighted by molar-refractivity contribution is 6.11. The molecule has 0 aliphatic heterocycles. The Balaban J connectivity index is 1.49. The highest BCUT2D eigenvalue weighted by Crippen LogP contribution is 2.37. The zero-order chi connectivity index (χ0) is 35.6. The third-order valence-electron chi connectivity index (χ3n) is 7.45. The quantitative estimate of drug-likeness (QED) is 0.0925. The van der Waals surface area contributed by atoms with Gasteiger partial charge < -0.3 is 18.7 Å². The lowest BCUT2D eigenvalue weighted by atomic mass is 9.78. The lowest BCUT2D eigenvalue weighted by Gasteiger charge is -2.34. The second-order valence-electron chi connectivity index (χ2n) is 13.7. The molecule has 0 amide bonds. The van der Waals surface area contributed by atoms with Crippen LogP contribution in [-0.2, 0) is 32.2 Å². The molecule has 0 saturated carbocycles. The first-order valence-corrected chi connectivity index (χ1v) is 15.6. The SMILES string of the molecule is CC(C)(C)OC(=O)C(CCn1nnc2ccccc2c1=O)(CC(=O)c1noc2cc(OCc3ccc(F)cc3)ccc12)C(=O)OC(C)(C)C. The van der Waals surface area contributed by atoms with Crippen molar-refractivity contribution in [3.63, 3.8) is 0 Å². The summed E-state index contributed by atoms with van der Waals surface area (Å²) in [5.74, 6) is -2.66. The number of aryl methyl sites for hydroxylation is 1. The van der Waals surface area contributed by atoms with Crippen molar-refractivity contribution in [2.24, 2.45) is 5.41 Å². The molecule has 0 atom stereocenters. The van der Waals surface area contributed by atoms with Gasteiger partial charge in [0.15, 0.2) is 22.5 Å². The van der Waals surface area contributed by atoms with Gasteiger partial charge >= 0.3 is 11.9 Å². The summed E-state index contributed by atoms with van der Waals surface area (Å²) in [5.41, 5.74) is -3.57. The fourth-order valence-corrected chi connectivity index (χ4v) is 5.05. The van der Waals surface area contributed by atoms with Crippen LogP contribution in [0.5, 0.6) is 5.75 Å². The molecule has 0 fully saturated rings. The Morgan fingerprint density at radius 1 is 0.857 bits per heavy atom. The summed E-state index contributed by atoms with van der Waals surface area (Å²) in [6.07, 6.45) is -1.09. The van der Waals surface area contributed by atoms with E-state index in [-0.39, 0.29) is 36.7 Å². The van der Waals surface area contributed by atoms with Crippen LogP contribution in [0.2, 0.25) is 0 Å². The van der Waals surface area contributed by atoms with Crippen molar-refractivity contribution in [2.45, 2.75) is 78.7 Å². The van der Waals surface area contributed by atoms with E-state index in [0.717, 1.165) is 10.2 Å². The molecule has 2 heterocycles. The van der Waals surface area contributed by atoms with Gasteiger partial charge in [0.25, 0.3) is 5.56 Å². The molecule has 3 aromatic carbocycles. The lowest BCUT2D eigenvalue weighted by Crippen LogP contribution is -2.49. The molecule has 49 heavy (non-hydrogen) atoms. The van der Waals surface area contributed by atoms with Gasteiger partial charge in [0.1, 0.15) is 34.9 Å². The number of hydrogen-bond donors (Lipinski definition) is 0. The number of ketones is 1. The molecule has 2 aromatic heterocycles. The van der Waals surface area contributed by atoms with Gasteiger partial charge in [-0.3, -0.25) is 19.2 Å². The average molecular weight is 673 g/mol. The molecule has 0 saturated heterocycles. The first-order chi connectivity index (χ1) is 23.0. The van der Waals surface area contributed by atoms with Crippen LogP contribution in [0.25, 0.3) is 21.9 Å². The second-order valence-corrected chi connectivity index (χ2v) is 13.7. The zero-order valence-electron chi connectivity index (χ0n) is 28.1. The van der Waals surface area contributed by atoms with Crippen molar-refractivity contribution in [3.8, 4) is 5.75 Å². The molecule has 12 nitrogen and oxygen atoms in total. The van der Waals surface area contributed by atoms with Gasteiger partial charge in [0, 0.05) is 19.0 Å². The number of halogens is 1. The Morgan fingerprint density at radius 2 is 1.51 bits per heavy atom. The minimum Gasteiger partial charge on any atom is -0.489 e. The monoisotopic (exact) mass is 672 g/mol. The van der Waals surface area contributed by atoms with E-state index in [4.69, 9.17) is 18.7 Å². The van der Waals surface area contributed by atoms with Crippen LogP contribution in [0.4, 0.5) is 4.39 Å². The number of ether oxygens (including phenoxy) is 3. The maximum atomic E-state index is 14.1. The van der Waals surface area contributed by atoms with Gasteiger partial charge in [0.2, 0.25) is 0 Å². The van der Waals surface area contributed by atoms with Gasteiger partial charge in [-0.1, -0.05) is 34.6 Å². The third kappa shape index (κ3) is 8.16. The first kappa shape index (κ1) is 34.9. The van der Waals surface area contributed by atoms with Crippen LogP contribution in [0.1, 0.15) is 70.4 Å². The Morgan fingerprint density at radius 3 is 2.16 bits per heavy atom. The summed E-state index contributed by atoms with van der Waals surface area (Å²) >= 11 is 0. The number of fused-ring (bicyclic) bond motifs is 2. The van der Waals surface area contributed by atoms with Crippen LogP contribution >= 0.6 is 0 Å². The molecule has 0 N–H and O–H groups in total. The normalized spacial score (nSPS) is 12.2. The van der Waals surface area contributed by atoms with Gasteiger partial charge in [-0.05, 0) is 89.9 Å². The van der Waals surface area contributed by atoms with E-state index in [1.165, 1.54) is 12.1 Å². The topological polar surface area (TPSA) is 153 Å². The highest BCUT2D eigenvalue weighted by Gasteiger charge is 2.53. The van der Waals surface area contributed by atoms with E-state index in [1.54, 1.807) is 96.1 Å². The van der Waals surface area contributed by atoms with E-state index >= 15 is 0 Å². The summed E-state index contributed by atoms with van der Waals surface area (Å²) in [5, 5.41) is 12.7. The largest absolute Gasteiger partial charge is 0.489 e. The molecule has 13 heteroatoms. The molecule has 0 aliphatic rings. The predicted molar refractivity (Wildman–Crippen MR) is 176 cm³/mol. The Labute approximate surface area is 281 Å². The van der Waals surface area contributed by atoms with Crippen molar-refractivity contribution < 1.29 is 37.5 Å². The minimum absolute atomic E-state index is 0.126. The fourth-order valence-electron chi connectivity index (χ4n) is 5.05. The van der Waals surface area contributed by atoms with E-state index in [9.17, 15) is 23.6 Å². The molecule has 256 valence electrons. The number of carbonyl (C=O) groups excluding carboxylic acids is 3. The van der Waals surface area contributed by atoms with E-state index in [1.807, 2.05) is 0 Å². The highest BCUT2D eigenvalue weighted by atomic mass is 19.1. The molecule has 0 spiro atoms. The summed E-state index contributed by atoms with van der Waals surface area (Å²) in [7, 11) is 0. The van der Waals surface area contributed by atoms with Crippen LogP contribution in [0.15, 0.2) is 76.0 Å². The molecule has 0 radical (unpaired) electrons. The van der Waals surface area contributed by atoms with Gasteiger partial charge in [0.05, 0.1) is 10.8 Å². The summed E-state index contributed by atoms with van der Waals surface area (Å²) in [6.45, 7) is 9.68. The number of hydrogen-bond acceptors (Lipinski definition) is 11. The van der Waals surface area contributed by atoms with Crippen molar-refractivity contribution in [1.29, 1.82) is 0 Å². The first-order valence-electron chi connectivity index (χ1n) is 15.6. The molecule has 5 rings (SSSR count). The number of rotatable bonds is 11. The second kappa shape index (κ2) is 13.6. The predicted octanol–water partition coefficient (Wildman–Crippen LogP) is 5.98. The number of Topliss-reactive ketones (excluding diaryl/α,β-unsaturated/α-hetero) is 1. The van der Waals surface area contributed by atoms with Gasteiger partial charge in [-0.25, -0.2) is 9.07 Å². The Bertz CT molecular complexity index is 2050. The number of carbonyl (C=O) groups is 3. The standard InChI is InChI=1S/C36H37FN4O8/c1-34(2,3)47-32(44)36(33(45)48-35(4,5)6,17-18-41-31(43)25-9-7-8-10-27(25)38-40-41)20-28(42)30-26-16-15-24(19-29(26)49-39-30)46-21-22-11-13-23(37)14-12-22/h7-16,19H,17-18,20-21H2,1-6H3. The Kier molecular flexibility index (Phi) is 9.66. The number of benzene rings is 3. The zero-order valence-corrected chi connectivity index (χ0v) is 28.1. The average Bonchev–Trinajstić information content (AvgIpc) is 3.45. The van der Waals surface area contributed by atoms with Crippen molar-refractivity contribution in [1.82, 2.24) is 20.2 Å². The number of esters is 2. The van der Waals surface area contributed by atoms with Crippen LogP contribution in [0.3, 0.4) is 0 Å². The van der Waals surface area contributed by atoms with Gasteiger partial charge in [-0.15, -0.1) is 5.10 Å². The molecule has 5 aromatic rings. The number of nitrogens with zero attached hydrogens (tertiary/aromatic N) is 4. The molecule has 0 bridgehead atoms. The maximum absolute atomic E-state index is 14.1. The van der Waals surface area contributed by atoms with Crippen molar-refractivity contribution in [2.75, 3.05) is 0 Å². The van der Waals surface area contributed by atoms with E-state index < -0.39 is 46.3 Å². The molecular weight excluding hydrogens is 635 g/mol. The van der Waals surface area contributed by atoms with Crippen LogP contribution in [0, 0.1) is 11.2 Å². The molecule has 0 unspecified atom stereocenters. The van der Waals surface area contributed by atoms with Crippen molar-refractivity contribution in [3.05, 3.63) is 94.2 Å². The van der Waals surface area contributed by atoms with E-state index in [2.05, 4.69) is 15.5 Å². The Hall–Kier alpha value is -5.46. The lowest BCUT2D eigenvalue weighted by molar-refractivity contribution is -0.186. The van der Waals surface area contributed by atoms with Crippen LogP contribution in [-0.4, -0.2) is 49.1 Å². The summed E-state index contributed by atoms with van der Waals surface area (Å²) in [6, 6.07) is 17.2. The molecular formula is C36H37FN4O8. The van der Waals surface area contributed by atoms with Gasteiger partial charge in [-0.2, -0.15) is 0 Å². The summed E-state index contributed by atoms with van der Waals surface area (Å²) < 4.78 is 37.0. The minimum atomic E-state index is -2.21. The number of aromatic nitrogens is 4. The van der Waals surface area contributed by atoms with E-state index in [0.29, 0.717) is 22.0 Å². The summed E-state index contributed by atoms with van der Waals surface area (Å²) in [4.78, 5) is 55.5. The maximum Gasteiger partial charge on any atom is 0.324 e. The third-order valence-corrected chi connectivity index (χ3v) is 7.45. The smallest absolute Gasteiger partial charge is 0.324 e. The van der Waals surface area contributed by atoms with Crippen LogP contribution < -0.4 is 10.3 Å². The fraction of sp³-hybridized carbons (Fsp3) is 0.361. The van der Waals surface area contributed by atoms with Crippen molar-refractivity contribution >= 4 is 39.6 Å².